The van der Waals surface area contributed by atoms with E-state index in [9.17, 15) is 0 Å². The topological polar surface area (TPSA) is 36.8 Å². The fourth-order valence-electron chi connectivity index (χ4n) is 7.44. The summed E-state index contributed by atoms with van der Waals surface area (Å²) in [5.74, 6) is 1.53. The summed E-state index contributed by atoms with van der Waals surface area (Å²) in [7, 11) is 0. The highest BCUT2D eigenvalue weighted by atomic mass is 32.2. The van der Waals surface area contributed by atoms with Gasteiger partial charge in [0.15, 0.2) is 5.84 Å². The molecule has 0 saturated heterocycles. The Bertz CT molecular complexity index is 2640. The first-order chi connectivity index (χ1) is 25.3. The largest absolute Gasteiger partial charge is 0.344 e. The molecule has 0 spiro atoms. The molecular weight excluding hydrogens is 639 g/mol. The van der Waals surface area contributed by atoms with Gasteiger partial charge < -0.3 is 5.32 Å². The second-order valence-corrected chi connectivity index (χ2v) is 14.1. The summed E-state index contributed by atoms with van der Waals surface area (Å²) in [4.78, 5) is 13.1. The van der Waals surface area contributed by atoms with Crippen molar-refractivity contribution in [3.63, 3.8) is 0 Å². The standard InChI is InChI=1S/C47H31N3S/c1-2-11-30(12-3-1)32-21-24-33(25-22-32)45-48-46(35-26-23-31-13-4-5-14-34(31)29-35)50-47(49-45)41-28-27-40-37-16-7-9-20-43(37)51-42-19-8-6-15-36(42)38-17-10-18-39(41)44(38)40/h1-29,45H,(H,48,49,50). The van der Waals surface area contributed by atoms with Crippen LogP contribution in [-0.4, -0.2) is 11.7 Å². The van der Waals surface area contributed by atoms with Gasteiger partial charge in [0.2, 0.25) is 0 Å². The zero-order valence-electron chi connectivity index (χ0n) is 27.6. The van der Waals surface area contributed by atoms with Crippen molar-refractivity contribution in [2.45, 2.75) is 16.0 Å². The summed E-state index contributed by atoms with van der Waals surface area (Å²) in [5.41, 5.74) is 10.5. The summed E-state index contributed by atoms with van der Waals surface area (Å²) in [6.07, 6.45) is -0.321. The van der Waals surface area contributed by atoms with Gasteiger partial charge in [-0.1, -0.05) is 169 Å². The van der Waals surface area contributed by atoms with Crippen LogP contribution < -0.4 is 5.32 Å². The zero-order chi connectivity index (χ0) is 33.7. The van der Waals surface area contributed by atoms with E-state index in [4.69, 9.17) is 9.98 Å². The molecule has 0 fully saturated rings. The van der Waals surface area contributed by atoms with Crippen molar-refractivity contribution in [1.29, 1.82) is 0 Å². The van der Waals surface area contributed by atoms with Crippen LogP contribution in [-0.2, 0) is 0 Å². The number of fused-ring (bicyclic) bond motifs is 5. The molecule has 4 heteroatoms. The molecule has 1 N–H and O–H groups in total. The molecule has 2 aliphatic heterocycles. The van der Waals surface area contributed by atoms with Crippen LogP contribution in [0, 0.1) is 0 Å². The zero-order valence-corrected chi connectivity index (χ0v) is 28.4. The Morgan fingerprint density at radius 2 is 1.06 bits per heavy atom. The Hall–Kier alpha value is -6.23. The van der Waals surface area contributed by atoms with E-state index in [0.29, 0.717) is 5.84 Å². The van der Waals surface area contributed by atoms with Crippen molar-refractivity contribution >= 4 is 45.0 Å². The molecule has 0 aromatic heterocycles. The third kappa shape index (κ3) is 5.24. The van der Waals surface area contributed by atoms with Gasteiger partial charge in [0, 0.05) is 20.9 Å². The molecule has 8 aromatic carbocycles. The van der Waals surface area contributed by atoms with Crippen LogP contribution in [0.4, 0.5) is 0 Å². The SMILES string of the molecule is c1ccc(-c2ccc(C3N=C(c4ccc5ccccc5c4)N=C(c4ccc5c6c(cccc46)-c4ccccc4Sc4ccccc4-5)N3)cc2)cc1. The average Bonchev–Trinajstić information content (AvgIpc) is 3.20. The van der Waals surface area contributed by atoms with E-state index in [2.05, 4.69) is 181 Å². The average molecular weight is 670 g/mol. The van der Waals surface area contributed by atoms with E-state index in [1.807, 2.05) is 11.8 Å². The van der Waals surface area contributed by atoms with Crippen molar-refractivity contribution in [1.82, 2.24) is 5.32 Å². The smallest absolute Gasteiger partial charge is 0.159 e. The van der Waals surface area contributed by atoms with Gasteiger partial charge in [-0.05, 0) is 78.7 Å². The van der Waals surface area contributed by atoms with Crippen molar-refractivity contribution in [2.75, 3.05) is 0 Å². The molecule has 0 aliphatic carbocycles. The lowest BCUT2D eigenvalue weighted by atomic mass is 9.88. The van der Waals surface area contributed by atoms with E-state index >= 15 is 0 Å². The number of nitrogens with one attached hydrogen (secondary N) is 1. The lowest BCUT2D eigenvalue weighted by Crippen LogP contribution is -2.33. The summed E-state index contributed by atoms with van der Waals surface area (Å²) in [6.45, 7) is 0. The maximum atomic E-state index is 5.31. The third-order valence-electron chi connectivity index (χ3n) is 9.95. The minimum atomic E-state index is -0.321. The van der Waals surface area contributed by atoms with Crippen LogP contribution in [0.1, 0.15) is 22.9 Å². The number of rotatable bonds is 4. The molecular formula is C47H31N3S. The van der Waals surface area contributed by atoms with Gasteiger partial charge in [0.1, 0.15) is 12.0 Å². The number of hydrogen-bond acceptors (Lipinski definition) is 4. The predicted molar refractivity (Wildman–Crippen MR) is 214 cm³/mol. The van der Waals surface area contributed by atoms with E-state index in [1.54, 1.807) is 0 Å². The third-order valence-corrected chi connectivity index (χ3v) is 11.1. The van der Waals surface area contributed by atoms with Crippen LogP contribution in [0.3, 0.4) is 0 Å². The maximum Gasteiger partial charge on any atom is 0.159 e. The van der Waals surface area contributed by atoms with Crippen molar-refractivity contribution < 1.29 is 0 Å². The van der Waals surface area contributed by atoms with Gasteiger partial charge in [-0.2, -0.15) is 0 Å². The second-order valence-electron chi connectivity index (χ2n) is 13.0. The van der Waals surface area contributed by atoms with E-state index in [-0.39, 0.29) is 6.17 Å². The molecule has 2 heterocycles. The quantitative estimate of drug-likeness (QED) is 0.202. The van der Waals surface area contributed by atoms with E-state index < -0.39 is 0 Å². The van der Waals surface area contributed by atoms with Crippen LogP contribution in [0.5, 0.6) is 0 Å². The van der Waals surface area contributed by atoms with Gasteiger partial charge in [-0.25, -0.2) is 9.98 Å². The molecule has 0 saturated carbocycles. The highest BCUT2D eigenvalue weighted by Crippen LogP contribution is 2.48. The van der Waals surface area contributed by atoms with Gasteiger partial charge in [0.25, 0.3) is 0 Å². The fraction of sp³-hybridized carbons (Fsp3) is 0.0213. The molecule has 0 bridgehead atoms. The highest BCUT2D eigenvalue weighted by Gasteiger charge is 2.25. The van der Waals surface area contributed by atoms with E-state index in [1.165, 1.54) is 59.3 Å². The number of amidine groups is 2. The molecule has 1 atom stereocenters. The highest BCUT2D eigenvalue weighted by molar-refractivity contribution is 7.99. The number of aliphatic imine (C=N–C) groups is 2. The normalized spacial score (nSPS) is 14.8. The molecule has 3 nitrogen and oxygen atoms in total. The van der Waals surface area contributed by atoms with Crippen LogP contribution in [0.2, 0.25) is 0 Å². The fourth-order valence-corrected chi connectivity index (χ4v) is 8.55. The predicted octanol–water partition coefficient (Wildman–Crippen LogP) is 12.0. The first kappa shape index (κ1) is 29.7. The maximum absolute atomic E-state index is 5.31. The Morgan fingerprint density at radius 1 is 0.451 bits per heavy atom. The minimum Gasteiger partial charge on any atom is -0.344 e. The molecule has 1 unspecified atom stereocenters. The van der Waals surface area contributed by atoms with Crippen molar-refractivity contribution in [2.24, 2.45) is 9.98 Å². The molecule has 0 amide bonds. The molecule has 240 valence electrons. The summed E-state index contributed by atoms with van der Waals surface area (Å²) < 4.78 is 0. The van der Waals surface area contributed by atoms with Gasteiger partial charge >= 0.3 is 0 Å². The molecule has 2 aliphatic rings. The monoisotopic (exact) mass is 669 g/mol. The lowest BCUT2D eigenvalue weighted by Gasteiger charge is -2.26. The molecule has 10 rings (SSSR count). The molecule has 8 aromatic rings. The van der Waals surface area contributed by atoms with Crippen LogP contribution in [0.25, 0.3) is 54.9 Å². The number of hydrogen-bond donors (Lipinski definition) is 1. The molecule has 0 radical (unpaired) electrons. The van der Waals surface area contributed by atoms with Crippen LogP contribution >= 0.6 is 11.8 Å². The summed E-state index contributed by atoms with van der Waals surface area (Å²) in [5, 5.41) is 8.53. The Balaban J connectivity index is 1.16. The van der Waals surface area contributed by atoms with Crippen molar-refractivity contribution in [3.05, 3.63) is 193 Å². The minimum absolute atomic E-state index is 0.321. The first-order valence-electron chi connectivity index (χ1n) is 17.3. The Morgan fingerprint density at radius 3 is 1.84 bits per heavy atom. The summed E-state index contributed by atoms with van der Waals surface area (Å²) in [6, 6.07) is 62.9. The Kier molecular flexibility index (Phi) is 7.14. The number of benzene rings is 8. The van der Waals surface area contributed by atoms with Gasteiger partial charge in [0.05, 0.1) is 0 Å². The van der Waals surface area contributed by atoms with Crippen molar-refractivity contribution in [3.8, 4) is 33.4 Å². The second kappa shape index (κ2) is 12.3. The van der Waals surface area contributed by atoms with Gasteiger partial charge in [-0.3, -0.25) is 0 Å². The Labute approximate surface area is 301 Å². The van der Waals surface area contributed by atoms with Crippen LogP contribution in [0.15, 0.2) is 196 Å². The lowest BCUT2D eigenvalue weighted by molar-refractivity contribution is 0.675. The van der Waals surface area contributed by atoms with Gasteiger partial charge in [-0.15, -0.1) is 0 Å². The number of nitrogens with zero attached hydrogens (tertiary/aromatic N) is 2. The summed E-state index contributed by atoms with van der Waals surface area (Å²) >= 11 is 1.84. The first-order valence-corrected chi connectivity index (χ1v) is 18.1. The van der Waals surface area contributed by atoms with E-state index in [0.717, 1.165) is 27.9 Å². The molecule has 51 heavy (non-hydrogen) atoms.